The maximum atomic E-state index is 2.81. The van der Waals surface area contributed by atoms with Gasteiger partial charge >= 0.3 is 0 Å². The SMILES string of the molecule is CC[C@@H]1CC[C@]2(C)[C@@H]1CC[C@]1(C)[C@@H]2CC[C@@H]2[C@]3(C)CCCC(C)(C)[C@H]3CC[C@]21C. The molecule has 0 radical (unpaired) electrons. The van der Waals surface area contributed by atoms with E-state index in [-0.39, 0.29) is 0 Å². The number of hydrogen-bond donors (Lipinski definition) is 0. The van der Waals surface area contributed by atoms with E-state index in [0.29, 0.717) is 27.1 Å². The lowest BCUT2D eigenvalue weighted by molar-refractivity contribution is -0.241. The van der Waals surface area contributed by atoms with E-state index in [1.54, 1.807) is 12.8 Å². The summed E-state index contributed by atoms with van der Waals surface area (Å²) in [5.41, 5.74) is 2.97. The Kier molecular flexibility index (Phi) is 4.52. The average Bonchev–Trinajstić information content (AvgIpc) is 2.98. The van der Waals surface area contributed by atoms with E-state index in [0.717, 1.165) is 29.6 Å². The van der Waals surface area contributed by atoms with Crippen LogP contribution in [0.15, 0.2) is 0 Å². The molecule has 0 bridgehead atoms. The molecule has 0 aromatic rings. The minimum absolute atomic E-state index is 0.565. The summed E-state index contributed by atoms with van der Waals surface area (Å²) in [7, 11) is 0. The van der Waals surface area contributed by atoms with Gasteiger partial charge in [0.05, 0.1) is 0 Å². The molecule has 0 N–H and O–H groups in total. The second kappa shape index (κ2) is 6.28. The Hall–Kier alpha value is 0. The highest BCUT2D eigenvalue weighted by Crippen LogP contribution is 2.77. The molecule has 0 aromatic heterocycles. The van der Waals surface area contributed by atoms with Crippen LogP contribution in [0.1, 0.15) is 126 Å². The molecule has 29 heavy (non-hydrogen) atoms. The summed E-state index contributed by atoms with van der Waals surface area (Å²) >= 11 is 0. The van der Waals surface area contributed by atoms with Crippen molar-refractivity contribution in [2.24, 2.45) is 56.7 Å². The molecule has 0 aromatic carbocycles. The number of hydrogen-bond acceptors (Lipinski definition) is 0. The summed E-state index contributed by atoms with van der Waals surface area (Å²) in [5, 5.41) is 0. The van der Waals surface area contributed by atoms with E-state index in [1.165, 1.54) is 64.2 Å². The smallest absolute Gasteiger partial charge is 0.0235 e. The Morgan fingerprint density at radius 2 is 1.21 bits per heavy atom. The highest BCUT2D eigenvalue weighted by Gasteiger charge is 2.69. The highest BCUT2D eigenvalue weighted by atomic mass is 14.7. The van der Waals surface area contributed by atoms with Gasteiger partial charge in [-0.25, -0.2) is 0 Å². The third kappa shape index (κ3) is 2.44. The van der Waals surface area contributed by atoms with Crippen LogP contribution in [0.4, 0.5) is 0 Å². The molecule has 5 aliphatic rings. The largest absolute Gasteiger partial charge is 0.0651 e. The topological polar surface area (TPSA) is 0 Å². The minimum Gasteiger partial charge on any atom is -0.0651 e. The third-order valence-electron chi connectivity index (χ3n) is 13.4. The van der Waals surface area contributed by atoms with Crippen LogP contribution < -0.4 is 0 Å². The predicted molar refractivity (Wildman–Crippen MR) is 125 cm³/mol. The Balaban J connectivity index is 1.53. The van der Waals surface area contributed by atoms with Gasteiger partial charge < -0.3 is 0 Å². The second-order valence-corrected chi connectivity index (χ2v) is 14.3. The summed E-state index contributed by atoms with van der Waals surface area (Å²) in [6.45, 7) is 18.8. The average molecular weight is 399 g/mol. The van der Waals surface area contributed by atoms with Crippen LogP contribution in [-0.4, -0.2) is 0 Å². The molecule has 5 fully saturated rings. The molecule has 0 unspecified atom stereocenters. The first kappa shape index (κ1) is 20.9. The Morgan fingerprint density at radius 3 is 1.86 bits per heavy atom. The fourth-order valence-electron chi connectivity index (χ4n) is 11.9. The van der Waals surface area contributed by atoms with Crippen LogP contribution in [-0.2, 0) is 0 Å². The Bertz CT molecular complexity index is 661. The van der Waals surface area contributed by atoms with Crippen LogP contribution >= 0.6 is 0 Å². The van der Waals surface area contributed by atoms with E-state index in [1.807, 2.05) is 0 Å². The lowest BCUT2D eigenvalue weighted by Crippen LogP contribution is -2.65. The molecule has 0 spiro atoms. The quantitative estimate of drug-likeness (QED) is 0.413. The van der Waals surface area contributed by atoms with Crippen molar-refractivity contribution in [2.75, 3.05) is 0 Å². The summed E-state index contributed by atoms with van der Waals surface area (Å²) in [5.74, 6) is 4.99. The van der Waals surface area contributed by atoms with Crippen molar-refractivity contribution in [1.82, 2.24) is 0 Å². The second-order valence-electron chi connectivity index (χ2n) is 14.3. The van der Waals surface area contributed by atoms with E-state index >= 15 is 0 Å². The molecule has 5 saturated carbocycles. The van der Waals surface area contributed by atoms with Crippen molar-refractivity contribution in [1.29, 1.82) is 0 Å². The molecular formula is C29H50. The van der Waals surface area contributed by atoms with Crippen LogP contribution in [0, 0.1) is 56.7 Å². The van der Waals surface area contributed by atoms with Gasteiger partial charge in [-0.1, -0.05) is 61.3 Å². The van der Waals surface area contributed by atoms with Crippen molar-refractivity contribution >= 4 is 0 Å². The van der Waals surface area contributed by atoms with Gasteiger partial charge in [0.25, 0.3) is 0 Å². The molecule has 5 aliphatic carbocycles. The zero-order chi connectivity index (χ0) is 20.9. The maximum absolute atomic E-state index is 2.81. The van der Waals surface area contributed by atoms with Crippen molar-refractivity contribution < 1.29 is 0 Å². The molecule has 0 amide bonds. The molecule has 5 rings (SSSR count). The van der Waals surface area contributed by atoms with Gasteiger partial charge in [0.1, 0.15) is 0 Å². The van der Waals surface area contributed by atoms with Gasteiger partial charge in [-0.15, -0.1) is 0 Å². The van der Waals surface area contributed by atoms with Gasteiger partial charge in [0, 0.05) is 0 Å². The monoisotopic (exact) mass is 398 g/mol. The lowest BCUT2D eigenvalue weighted by atomic mass is 9.32. The van der Waals surface area contributed by atoms with Crippen LogP contribution in [0.5, 0.6) is 0 Å². The fourth-order valence-corrected chi connectivity index (χ4v) is 11.9. The molecule has 166 valence electrons. The molecule has 0 aliphatic heterocycles. The molecular weight excluding hydrogens is 348 g/mol. The summed E-state index contributed by atoms with van der Waals surface area (Å²) in [6, 6.07) is 0. The van der Waals surface area contributed by atoms with Crippen LogP contribution in [0.25, 0.3) is 0 Å². The summed E-state index contributed by atoms with van der Waals surface area (Å²) in [4.78, 5) is 0. The van der Waals surface area contributed by atoms with Crippen LogP contribution in [0.3, 0.4) is 0 Å². The number of rotatable bonds is 1. The third-order valence-corrected chi connectivity index (χ3v) is 13.4. The first-order valence-corrected chi connectivity index (χ1v) is 13.5. The summed E-state index contributed by atoms with van der Waals surface area (Å²) in [6.07, 6.45) is 18.1. The lowest BCUT2D eigenvalue weighted by Gasteiger charge is -2.73. The fraction of sp³-hybridized carbons (Fsp3) is 1.00. The van der Waals surface area contributed by atoms with E-state index in [2.05, 4.69) is 48.5 Å². The van der Waals surface area contributed by atoms with Gasteiger partial charge in [-0.05, 0) is 121 Å². The van der Waals surface area contributed by atoms with E-state index < -0.39 is 0 Å². The van der Waals surface area contributed by atoms with Gasteiger partial charge in [-0.2, -0.15) is 0 Å². The number of fused-ring (bicyclic) bond motifs is 7. The van der Waals surface area contributed by atoms with Gasteiger partial charge in [0.2, 0.25) is 0 Å². The minimum atomic E-state index is 0.565. The Labute approximate surface area is 182 Å². The van der Waals surface area contributed by atoms with Crippen LogP contribution in [0.2, 0.25) is 0 Å². The van der Waals surface area contributed by atoms with Crippen molar-refractivity contribution in [3.63, 3.8) is 0 Å². The molecule has 0 nitrogen and oxygen atoms in total. The first-order valence-electron chi connectivity index (χ1n) is 13.5. The van der Waals surface area contributed by atoms with Gasteiger partial charge in [-0.3, -0.25) is 0 Å². The van der Waals surface area contributed by atoms with E-state index in [9.17, 15) is 0 Å². The molecule has 0 heterocycles. The Morgan fingerprint density at radius 1 is 0.586 bits per heavy atom. The predicted octanol–water partition coefficient (Wildman–Crippen LogP) is 8.89. The highest BCUT2D eigenvalue weighted by molar-refractivity contribution is 5.18. The van der Waals surface area contributed by atoms with Gasteiger partial charge in [0.15, 0.2) is 0 Å². The van der Waals surface area contributed by atoms with Crippen molar-refractivity contribution in [2.45, 2.75) is 126 Å². The standard InChI is InChI=1S/C29H50/c1-8-20-12-17-26(4)21(20)13-18-28(6)23(26)10-11-24-27(5)16-9-15-25(2,3)22(27)14-19-29(24,28)7/h20-24H,8-19H2,1-7H3/t20-,21-,22-,23-,24-,26-,27-,28-,29-/m1/s1. The van der Waals surface area contributed by atoms with Crippen molar-refractivity contribution in [3.05, 3.63) is 0 Å². The van der Waals surface area contributed by atoms with Crippen molar-refractivity contribution in [3.8, 4) is 0 Å². The molecule has 0 saturated heterocycles. The summed E-state index contributed by atoms with van der Waals surface area (Å²) < 4.78 is 0. The normalized spacial score (nSPS) is 58.7. The zero-order valence-electron chi connectivity index (χ0n) is 20.9. The van der Waals surface area contributed by atoms with E-state index in [4.69, 9.17) is 0 Å². The molecule has 9 atom stereocenters. The zero-order valence-corrected chi connectivity index (χ0v) is 20.9. The first-order chi connectivity index (χ1) is 13.5. The molecule has 0 heteroatoms. The maximum Gasteiger partial charge on any atom is -0.0235 e.